The van der Waals surface area contributed by atoms with Gasteiger partial charge >= 0.3 is 0 Å². The van der Waals surface area contributed by atoms with E-state index in [0.29, 0.717) is 22.5 Å². The van der Waals surface area contributed by atoms with Gasteiger partial charge in [0.25, 0.3) is 0 Å². The molecule has 126 valence electrons. The summed E-state index contributed by atoms with van der Waals surface area (Å²) >= 11 is 9.29. The van der Waals surface area contributed by atoms with E-state index in [9.17, 15) is 0 Å². The fourth-order valence-electron chi connectivity index (χ4n) is 2.18. The first-order valence-corrected chi connectivity index (χ1v) is 9.66. The van der Waals surface area contributed by atoms with Crippen molar-refractivity contribution in [2.45, 2.75) is 17.8 Å². The molecule has 0 aliphatic rings. The Morgan fingerprint density at radius 1 is 1.32 bits per heavy atom. The summed E-state index contributed by atoms with van der Waals surface area (Å²) in [6, 6.07) is 7.81. The lowest BCUT2D eigenvalue weighted by molar-refractivity contribution is 0.391. The van der Waals surface area contributed by atoms with Crippen LogP contribution in [-0.4, -0.2) is 24.9 Å². The fourth-order valence-corrected chi connectivity index (χ4v) is 3.76. The molecule has 0 spiro atoms. The van der Waals surface area contributed by atoms with E-state index in [1.165, 1.54) is 11.8 Å². The zero-order valence-electron chi connectivity index (χ0n) is 13.1. The molecule has 0 atom stereocenters. The van der Waals surface area contributed by atoms with Gasteiger partial charge in [0.2, 0.25) is 11.7 Å². The smallest absolute Gasteiger partial charge is 0.237 e. The van der Waals surface area contributed by atoms with Crippen molar-refractivity contribution in [3.8, 4) is 17.1 Å². The Balaban J connectivity index is 1.51. The number of hydrogen-bond acceptors (Lipinski definition) is 7. The third-order valence-corrected chi connectivity index (χ3v) is 5.54. The highest BCUT2D eigenvalue weighted by Crippen LogP contribution is 2.26. The zero-order chi connectivity index (χ0) is 17.2. The Morgan fingerprint density at radius 2 is 2.24 bits per heavy atom. The van der Waals surface area contributed by atoms with E-state index in [-0.39, 0.29) is 0 Å². The predicted molar refractivity (Wildman–Crippen MR) is 98.3 cm³/mol. The van der Waals surface area contributed by atoms with Gasteiger partial charge in [-0.15, -0.1) is 10.2 Å². The molecule has 4 aromatic rings. The Kier molecular flexibility index (Phi) is 4.56. The van der Waals surface area contributed by atoms with Crippen molar-refractivity contribution in [2.24, 2.45) is 0 Å². The number of thioether (sulfide) groups is 1. The minimum atomic E-state index is 0.509. The first kappa shape index (κ1) is 16.3. The molecule has 0 radical (unpaired) electrons. The van der Waals surface area contributed by atoms with Crippen LogP contribution in [0.3, 0.4) is 0 Å². The quantitative estimate of drug-likeness (QED) is 0.463. The zero-order valence-corrected chi connectivity index (χ0v) is 15.5. The van der Waals surface area contributed by atoms with E-state index in [4.69, 9.17) is 16.1 Å². The number of nitrogens with zero attached hydrogens (tertiary/aromatic N) is 5. The molecule has 0 aliphatic carbocycles. The largest absolute Gasteiger partial charge is 0.338 e. The van der Waals surface area contributed by atoms with Gasteiger partial charge in [-0.05, 0) is 36.1 Å². The molecule has 0 amide bonds. The van der Waals surface area contributed by atoms with Gasteiger partial charge in [0, 0.05) is 16.0 Å². The van der Waals surface area contributed by atoms with Crippen molar-refractivity contribution in [1.82, 2.24) is 24.9 Å². The average Bonchev–Trinajstić information content (AvgIpc) is 3.36. The van der Waals surface area contributed by atoms with Crippen LogP contribution < -0.4 is 0 Å². The molecule has 0 saturated heterocycles. The number of aryl methyl sites for hydroxylation is 1. The molecule has 0 saturated carbocycles. The number of halogens is 1. The molecule has 1 aromatic carbocycles. The van der Waals surface area contributed by atoms with Crippen LogP contribution in [0, 0.1) is 6.92 Å². The number of aromatic nitrogens is 5. The number of rotatable bonds is 5. The number of thiophene rings is 1. The summed E-state index contributed by atoms with van der Waals surface area (Å²) in [4.78, 5) is 4.41. The van der Waals surface area contributed by atoms with E-state index in [1.54, 1.807) is 17.7 Å². The monoisotopic (exact) mass is 389 g/mol. The summed E-state index contributed by atoms with van der Waals surface area (Å²) in [7, 11) is 0. The van der Waals surface area contributed by atoms with Crippen LogP contribution in [0.2, 0.25) is 5.02 Å². The van der Waals surface area contributed by atoms with E-state index in [2.05, 4.69) is 20.3 Å². The van der Waals surface area contributed by atoms with Gasteiger partial charge in [-0.25, -0.2) is 0 Å². The van der Waals surface area contributed by atoms with Gasteiger partial charge in [-0.1, -0.05) is 34.6 Å². The van der Waals surface area contributed by atoms with E-state index in [1.807, 2.05) is 46.5 Å². The Hall–Kier alpha value is -2.16. The van der Waals surface area contributed by atoms with Crippen molar-refractivity contribution < 1.29 is 4.52 Å². The number of benzene rings is 1. The molecule has 0 fully saturated rings. The third kappa shape index (κ3) is 3.46. The second-order valence-electron chi connectivity index (χ2n) is 5.23. The van der Waals surface area contributed by atoms with Gasteiger partial charge in [0.15, 0.2) is 5.16 Å². The molecule has 0 bridgehead atoms. The Labute approximate surface area is 156 Å². The average molecular weight is 390 g/mol. The first-order chi connectivity index (χ1) is 12.2. The van der Waals surface area contributed by atoms with Crippen LogP contribution in [-0.2, 0) is 5.75 Å². The van der Waals surface area contributed by atoms with Gasteiger partial charge in [0.05, 0.1) is 11.4 Å². The molecule has 0 N–H and O–H groups in total. The maximum absolute atomic E-state index is 6.21. The van der Waals surface area contributed by atoms with Crippen LogP contribution >= 0.6 is 34.7 Å². The molecular formula is C16H12ClN5OS2. The molecule has 0 unspecified atom stereocenters. The third-order valence-electron chi connectivity index (χ3n) is 3.52. The molecule has 6 nitrogen and oxygen atoms in total. The molecule has 4 rings (SSSR count). The van der Waals surface area contributed by atoms with Crippen molar-refractivity contribution in [3.63, 3.8) is 0 Å². The second kappa shape index (κ2) is 6.99. The lowest BCUT2D eigenvalue weighted by atomic mass is 10.2. The van der Waals surface area contributed by atoms with E-state index >= 15 is 0 Å². The minimum Gasteiger partial charge on any atom is -0.338 e. The van der Waals surface area contributed by atoms with E-state index < -0.39 is 0 Å². The summed E-state index contributed by atoms with van der Waals surface area (Å²) in [6.07, 6.45) is 1.66. The second-order valence-corrected chi connectivity index (χ2v) is 7.36. The van der Waals surface area contributed by atoms with Gasteiger partial charge in [0.1, 0.15) is 6.33 Å². The molecule has 3 heterocycles. The Morgan fingerprint density at radius 3 is 3.04 bits per heavy atom. The van der Waals surface area contributed by atoms with Gasteiger partial charge < -0.3 is 4.52 Å². The standard InChI is InChI=1S/C16H12ClN5OS2/c1-10-2-3-12(6-13(10)17)22-9-18-20-16(22)25-8-14-19-15(21-23-14)11-4-5-24-7-11/h2-7,9H,8H2,1H3. The normalized spacial score (nSPS) is 11.1. The minimum absolute atomic E-state index is 0.509. The highest BCUT2D eigenvalue weighted by atomic mass is 35.5. The van der Waals surface area contributed by atoms with Crippen LogP contribution in [0.1, 0.15) is 11.5 Å². The summed E-state index contributed by atoms with van der Waals surface area (Å²) in [5.41, 5.74) is 2.90. The highest BCUT2D eigenvalue weighted by Gasteiger charge is 2.13. The molecular weight excluding hydrogens is 378 g/mol. The summed E-state index contributed by atoms with van der Waals surface area (Å²) in [6.45, 7) is 1.97. The summed E-state index contributed by atoms with van der Waals surface area (Å²) in [5, 5.41) is 17.6. The van der Waals surface area contributed by atoms with Crippen LogP contribution in [0.4, 0.5) is 0 Å². The molecule has 25 heavy (non-hydrogen) atoms. The van der Waals surface area contributed by atoms with Crippen molar-refractivity contribution in [1.29, 1.82) is 0 Å². The topological polar surface area (TPSA) is 69.6 Å². The Bertz CT molecular complexity index is 996. The first-order valence-electron chi connectivity index (χ1n) is 7.35. The van der Waals surface area contributed by atoms with Crippen LogP contribution in [0.15, 0.2) is 51.0 Å². The summed E-state index contributed by atoms with van der Waals surface area (Å²) < 4.78 is 7.19. The lowest BCUT2D eigenvalue weighted by Crippen LogP contribution is -1.96. The van der Waals surface area contributed by atoms with Crippen LogP contribution in [0.5, 0.6) is 0 Å². The molecule has 3 aromatic heterocycles. The maximum atomic E-state index is 6.21. The predicted octanol–water partition coefficient (Wildman–Crippen LogP) is 4.63. The van der Waals surface area contributed by atoms with Crippen molar-refractivity contribution >= 4 is 34.7 Å². The number of hydrogen-bond donors (Lipinski definition) is 0. The lowest BCUT2D eigenvalue weighted by Gasteiger charge is -2.07. The maximum Gasteiger partial charge on any atom is 0.237 e. The molecule has 9 heteroatoms. The van der Waals surface area contributed by atoms with Crippen LogP contribution in [0.25, 0.3) is 17.1 Å². The summed E-state index contributed by atoms with van der Waals surface area (Å²) in [5.74, 6) is 1.65. The van der Waals surface area contributed by atoms with E-state index in [0.717, 1.165) is 22.0 Å². The fraction of sp³-hybridized carbons (Fsp3) is 0.125. The van der Waals surface area contributed by atoms with Crippen molar-refractivity contribution in [3.05, 3.63) is 57.8 Å². The van der Waals surface area contributed by atoms with Gasteiger partial charge in [-0.2, -0.15) is 16.3 Å². The molecule has 0 aliphatic heterocycles. The highest BCUT2D eigenvalue weighted by molar-refractivity contribution is 7.98. The van der Waals surface area contributed by atoms with Gasteiger partial charge in [-0.3, -0.25) is 4.57 Å². The SMILES string of the molecule is Cc1ccc(-n2cnnc2SCc2nc(-c3ccsc3)no2)cc1Cl. The van der Waals surface area contributed by atoms with Crippen molar-refractivity contribution in [2.75, 3.05) is 0 Å².